The van der Waals surface area contributed by atoms with E-state index in [0.717, 1.165) is 0 Å². The minimum atomic E-state index is 0.437. The summed E-state index contributed by atoms with van der Waals surface area (Å²) in [7, 11) is 0. The molecule has 0 aliphatic rings. The van der Waals surface area contributed by atoms with Crippen molar-refractivity contribution in [3.63, 3.8) is 0 Å². The largest absolute Gasteiger partial charge is 0.193 e. The molecule has 0 spiro atoms. The molecule has 11 heavy (non-hydrogen) atoms. The van der Waals surface area contributed by atoms with Gasteiger partial charge in [-0.25, -0.2) is 0 Å². The summed E-state index contributed by atoms with van der Waals surface area (Å²) in [6, 6.07) is 3.87. The molecule has 0 atom stereocenters. The molecule has 0 aliphatic heterocycles. The Morgan fingerprint density at radius 1 is 1.36 bits per heavy atom. The van der Waals surface area contributed by atoms with Gasteiger partial charge in [-0.15, -0.1) is 12.6 Å². The number of nitriles is 2. The molecular weight excluding hydrogens is 156 g/mol. The predicted octanol–water partition coefficient (Wildman–Crippen LogP) is 2.18. The summed E-state index contributed by atoms with van der Waals surface area (Å²) >= 11 is 4.03. The molecule has 3 heteroatoms. The molecule has 0 bridgehead atoms. The number of hydrogen-bond acceptors (Lipinski definition) is 3. The zero-order valence-corrected chi connectivity index (χ0v) is 7.31. The van der Waals surface area contributed by atoms with E-state index in [1.54, 1.807) is 19.9 Å². The van der Waals surface area contributed by atoms with Crippen LogP contribution in [0.3, 0.4) is 0 Å². The predicted molar refractivity (Wildman–Crippen MR) is 46.7 cm³/mol. The molecule has 0 aromatic rings. The van der Waals surface area contributed by atoms with Crippen molar-refractivity contribution in [2.45, 2.75) is 13.8 Å². The maximum absolute atomic E-state index is 8.53. The number of thiol groups is 1. The van der Waals surface area contributed by atoms with E-state index in [0.29, 0.717) is 16.1 Å². The molecule has 0 rings (SSSR count). The van der Waals surface area contributed by atoms with Gasteiger partial charge in [-0.3, -0.25) is 0 Å². The van der Waals surface area contributed by atoms with E-state index in [2.05, 4.69) is 12.6 Å². The average Bonchev–Trinajstić information content (AvgIpc) is 2.05. The molecule has 0 unspecified atom stereocenters. The summed E-state index contributed by atoms with van der Waals surface area (Å²) in [4.78, 5) is 0.456. The van der Waals surface area contributed by atoms with Gasteiger partial charge >= 0.3 is 0 Å². The zero-order valence-electron chi connectivity index (χ0n) is 6.42. The van der Waals surface area contributed by atoms with Crippen LogP contribution in [0.15, 0.2) is 22.1 Å². The van der Waals surface area contributed by atoms with Crippen LogP contribution >= 0.6 is 12.6 Å². The summed E-state index contributed by atoms with van der Waals surface area (Å²) in [5.41, 5.74) is 0.898. The lowest BCUT2D eigenvalue weighted by atomic mass is 10.2. The molecule has 0 aliphatic carbocycles. The van der Waals surface area contributed by atoms with Gasteiger partial charge in [-0.2, -0.15) is 10.5 Å². The van der Waals surface area contributed by atoms with Crippen molar-refractivity contribution in [2.75, 3.05) is 0 Å². The molecule has 56 valence electrons. The minimum absolute atomic E-state index is 0.437. The molecule has 0 fully saturated rings. The smallest absolute Gasteiger partial charge is 0.1000 e. The summed E-state index contributed by atoms with van der Waals surface area (Å²) in [5, 5.41) is 17.0. The van der Waals surface area contributed by atoms with Crippen LogP contribution in [0.2, 0.25) is 0 Å². The lowest BCUT2D eigenvalue weighted by molar-refractivity contribution is 1.40. The lowest BCUT2D eigenvalue weighted by Crippen LogP contribution is -1.82. The number of hydrogen-bond donors (Lipinski definition) is 1. The van der Waals surface area contributed by atoms with Crippen molar-refractivity contribution < 1.29 is 0 Å². The van der Waals surface area contributed by atoms with Gasteiger partial charge in [0.15, 0.2) is 0 Å². The normalized spacial score (nSPS) is 13.0. The van der Waals surface area contributed by atoms with Gasteiger partial charge in [0.2, 0.25) is 0 Å². The highest BCUT2D eigenvalue weighted by atomic mass is 32.1. The average molecular weight is 164 g/mol. The van der Waals surface area contributed by atoms with Gasteiger partial charge in [0.05, 0.1) is 17.7 Å². The molecule has 2 nitrogen and oxygen atoms in total. The van der Waals surface area contributed by atoms with Crippen molar-refractivity contribution in [1.29, 1.82) is 10.5 Å². The third kappa shape index (κ3) is 2.49. The van der Waals surface area contributed by atoms with Crippen molar-refractivity contribution >= 4 is 12.6 Å². The van der Waals surface area contributed by atoms with Crippen LogP contribution in [-0.2, 0) is 0 Å². The van der Waals surface area contributed by atoms with E-state index >= 15 is 0 Å². The summed E-state index contributed by atoms with van der Waals surface area (Å²) < 4.78 is 0. The Morgan fingerprint density at radius 2 is 1.91 bits per heavy atom. The van der Waals surface area contributed by atoms with Crippen LogP contribution in [0.5, 0.6) is 0 Å². The number of nitrogens with zero attached hydrogens (tertiary/aromatic N) is 2. The zero-order chi connectivity index (χ0) is 8.85. The van der Waals surface area contributed by atoms with E-state index in [1.165, 1.54) is 0 Å². The van der Waals surface area contributed by atoms with Crippen molar-refractivity contribution in [3.8, 4) is 12.1 Å². The fourth-order valence-corrected chi connectivity index (χ4v) is 0.738. The highest BCUT2D eigenvalue weighted by Crippen LogP contribution is 2.17. The van der Waals surface area contributed by atoms with Crippen LogP contribution < -0.4 is 0 Å². The standard InChI is InChI=1S/C8H8N2S/c1-3-7(5-10)8(11)6(2)4-9/h3,11H,1-2H3/b7-3-,8-6-. The Labute approximate surface area is 71.9 Å². The monoisotopic (exact) mass is 164 g/mol. The Morgan fingerprint density at radius 3 is 2.18 bits per heavy atom. The Balaban J connectivity index is 4.95. The van der Waals surface area contributed by atoms with Crippen LogP contribution in [-0.4, -0.2) is 0 Å². The van der Waals surface area contributed by atoms with E-state index in [1.807, 2.05) is 12.1 Å². The Bertz CT molecular complexity index is 286. The first-order chi connectivity index (χ1) is 5.17. The minimum Gasteiger partial charge on any atom is -0.193 e. The summed E-state index contributed by atoms with van der Waals surface area (Å²) in [6.07, 6.45) is 1.63. The van der Waals surface area contributed by atoms with Gasteiger partial charge in [-0.1, -0.05) is 6.08 Å². The first-order valence-electron chi connectivity index (χ1n) is 3.04. The second-order valence-corrected chi connectivity index (χ2v) is 2.35. The number of allylic oxidation sites excluding steroid dienone is 3. The van der Waals surface area contributed by atoms with E-state index in [-0.39, 0.29) is 0 Å². The van der Waals surface area contributed by atoms with Gasteiger partial charge in [0, 0.05) is 10.5 Å². The van der Waals surface area contributed by atoms with Crippen molar-refractivity contribution in [1.82, 2.24) is 0 Å². The third-order valence-electron chi connectivity index (χ3n) is 1.19. The maximum atomic E-state index is 8.53. The molecular formula is C8H8N2S. The first-order valence-corrected chi connectivity index (χ1v) is 3.48. The van der Waals surface area contributed by atoms with Crippen LogP contribution in [0.1, 0.15) is 13.8 Å². The quantitative estimate of drug-likeness (QED) is 0.367. The highest BCUT2D eigenvalue weighted by molar-refractivity contribution is 7.84. The molecule has 0 aromatic carbocycles. The van der Waals surface area contributed by atoms with E-state index in [9.17, 15) is 0 Å². The van der Waals surface area contributed by atoms with Crippen LogP contribution in [0.4, 0.5) is 0 Å². The van der Waals surface area contributed by atoms with Crippen molar-refractivity contribution in [3.05, 3.63) is 22.1 Å². The molecule has 0 radical (unpaired) electrons. The van der Waals surface area contributed by atoms with Gasteiger partial charge in [0.25, 0.3) is 0 Å². The first kappa shape index (κ1) is 9.81. The second kappa shape index (κ2) is 4.60. The molecule has 0 aromatic heterocycles. The number of rotatable bonds is 1. The Kier molecular flexibility index (Phi) is 4.10. The van der Waals surface area contributed by atoms with Gasteiger partial charge in [0.1, 0.15) is 0 Å². The SMILES string of the molecule is C/C=C(C#N)\C(S)=C(/C)C#N. The molecule has 0 heterocycles. The van der Waals surface area contributed by atoms with E-state index < -0.39 is 0 Å². The summed E-state index contributed by atoms with van der Waals surface area (Å²) in [6.45, 7) is 3.36. The Hall–Kier alpha value is -1.19. The molecule has 0 N–H and O–H groups in total. The van der Waals surface area contributed by atoms with Crippen molar-refractivity contribution in [2.24, 2.45) is 0 Å². The maximum Gasteiger partial charge on any atom is 0.1000 e. The fourth-order valence-electron chi connectivity index (χ4n) is 0.509. The second-order valence-electron chi connectivity index (χ2n) is 1.90. The third-order valence-corrected chi connectivity index (χ3v) is 1.76. The lowest BCUT2D eigenvalue weighted by Gasteiger charge is -1.95. The fraction of sp³-hybridized carbons (Fsp3) is 0.250. The van der Waals surface area contributed by atoms with E-state index in [4.69, 9.17) is 10.5 Å². The highest BCUT2D eigenvalue weighted by Gasteiger charge is 2.01. The molecule has 0 saturated heterocycles. The summed E-state index contributed by atoms with van der Waals surface area (Å²) in [5.74, 6) is 0. The van der Waals surface area contributed by atoms with Gasteiger partial charge in [-0.05, 0) is 13.8 Å². The van der Waals surface area contributed by atoms with Crippen LogP contribution in [0, 0.1) is 22.7 Å². The van der Waals surface area contributed by atoms with Crippen LogP contribution in [0.25, 0.3) is 0 Å². The van der Waals surface area contributed by atoms with Gasteiger partial charge < -0.3 is 0 Å². The molecule has 0 saturated carbocycles. The topological polar surface area (TPSA) is 47.6 Å². The molecule has 0 amide bonds.